The van der Waals surface area contributed by atoms with Gasteiger partial charge in [0.15, 0.2) is 23.3 Å². The number of nitrogens with zero attached hydrogens (tertiary/aromatic N) is 5. The van der Waals surface area contributed by atoms with Gasteiger partial charge in [-0.3, -0.25) is 0 Å². The standard InChI is InChI=1S/C62H41N5/c1-7-21-43(22-8-1)56-41-57(64-58(63-56)44-23-9-2-10-24-44)53-39-52-50-33-19-20-34-54(50)62(48-29-15-5-16-30-48,49-31-17-6-18-32-49)55(52)40-51(53)42-35-37-47(38-36-42)61-66-59(45-25-11-3-12-26-45)65-60(67-61)46-27-13-4-14-28-46/h1-41H. The van der Waals surface area contributed by atoms with Crippen molar-refractivity contribution in [3.63, 3.8) is 0 Å². The SMILES string of the molecule is c1ccc(-c2cc(-c3cc4c(cc3-c3ccc(-c5nc(-c6ccccc6)nc(-c6ccccc6)n5)cc3)C(c3ccccc3)(c3ccccc3)c3ccccc3-4)nc(-c3ccccc3)n2)cc1. The van der Waals surface area contributed by atoms with Crippen LogP contribution in [0.3, 0.4) is 0 Å². The number of fused-ring (bicyclic) bond motifs is 3. The number of rotatable bonds is 9. The van der Waals surface area contributed by atoms with Gasteiger partial charge in [-0.1, -0.05) is 231 Å². The molecule has 314 valence electrons. The van der Waals surface area contributed by atoms with Gasteiger partial charge in [0.05, 0.1) is 16.8 Å². The van der Waals surface area contributed by atoms with E-state index in [9.17, 15) is 0 Å². The van der Waals surface area contributed by atoms with Crippen LogP contribution in [0, 0.1) is 0 Å². The van der Waals surface area contributed by atoms with E-state index in [1.165, 1.54) is 33.4 Å². The van der Waals surface area contributed by atoms with Gasteiger partial charge < -0.3 is 0 Å². The Morgan fingerprint density at radius 3 is 1.12 bits per heavy atom. The summed E-state index contributed by atoms with van der Waals surface area (Å²) in [5, 5.41) is 0. The van der Waals surface area contributed by atoms with Crippen LogP contribution in [0.1, 0.15) is 22.3 Å². The average Bonchev–Trinajstić information content (AvgIpc) is 3.72. The summed E-state index contributed by atoms with van der Waals surface area (Å²) in [6.07, 6.45) is 0. The van der Waals surface area contributed by atoms with Crippen molar-refractivity contribution < 1.29 is 0 Å². The number of hydrogen-bond donors (Lipinski definition) is 0. The molecule has 67 heavy (non-hydrogen) atoms. The molecule has 0 N–H and O–H groups in total. The fraction of sp³-hybridized carbons (Fsp3) is 0.0161. The van der Waals surface area contributed by atoms with Crippen molar-refractivity contribution in [1.29, 1.82) is 0 Å². The van der Waals surface area contributed by atoms with Crippen molar-refractivity contribution in [3.8, 4) is 90.3 Å². The van der Waals surface area contributed by atoms with Crippen molar-refractivity contribution in [3.05, 3.63) is 271 Å². The number of aromatic nitrogens is 5. The number of benzene rings is 9. The lowest BCUT2D eigenvalue weighted by Crippen LogP contribution is -2.28. The van der Waals surface area contributed by atoms with Gasteiger partial charge in [0.2, 0.25) is 0 Å². The molecule has 0 radical (unpaired) electrons. The first-order chi connectivity index (χ1) is 33.2. The van der Waals surface area contributed by atoms with Gasteiger partial charge in [0.1, 0.15) is 0 Å². The lowest BCUT2D eigenvalue weighted by Gasteiger charge is -2.34. The van der Waals surface area contributed by atoms with Gasteiger partial charge in [-0.2, -0.15) is 0 Å². The molecular formula is C62H41N5. The van der Waals surface area contributed by atoms with Gasteiger partial charge in [0, 0.05) is 33.4 Å². The summed E-state index contributed by atoms with van der Waals surface area (Å²) in [5.41, 5.74) is 16.2. The van der Waals surface area contributed by atoms with Gasteiger partial charge in [-0.25, -0.2) is 24.9 Å². The minimum Gasteiger partial charge on any atom is -0.228 e. The maximum Gasteiger partial charge on any atom is 0.164 e. The Kier molecular flexibility index (Phi) is 9.99. The molecule has 5 nitrogen and oxygen atoms in total. The van der Waals surface area contributed by atoms with E-state index in [0.717, 1.165) is 55.9 Å². The highest BCUT2D eigenvalue weighted by Gasteiger charge is 2.46. The van der Waals surface area contributed by atoms with Gasteiger partial charge in [-0.05, 0) is 62.7 Å². The largest absolute Gasteiger partial charge is 0.228 e. The lowest BCUT2D eigenvalue weighted by atomic mass is 9.67. The second kappa shape index (κ2) is 16.9. The molecule has 1 aliphatic carbocycles. The van der Waals surface area contributed by atoms with Crippen molar-refractivity contribution in [2.24, 2.45) is 0 Å². The van der Waals surface area contributed by atoms with Gasteiger partial charge in [-0.15, -0.1) is 0 Å². The summed E-state index contributed by atoms with van der Waals surface area (Å²) in [7, 11) is 0. The summed E-state index contributed by atoms with van der Waals surface area (Å²) < 4.78 is 0. The molecule has 2 aromatic heterocycles. The fourth-order valence-corrected chi connectivity index (χ4v) is 9.73. The maximum atomic E-state index is 5.42. The number of hydrogen-bond acceptors (Lipinski definition) is 5. The Labute approximate surface area is 389 Å². The Hall–Kier alpha value is -8.93. The molecule has 0 amide bonds. The summed E-state index contributed by atoms with van der Waals surface area (Å²) >= 11 is 0. The Morgan fingerprint density at radius 2 is 0.612 bits per heavy atom. The van der Waals surface area contributed by atoms with E-state index >= 15 is 0 Å². The minimum atomic E-state index is -0.593. The molecule has 0 spiro atoms. The third-order valence-electron chi connectivity index (χ3n) is 12.9. The van der Waals surface area contributed by atoms with Crippen LogP contribution in [-0.4, -0.2) is 24.9 Å². The molecule has 1 aliphatic rings. The summed E-state index contributed by atoms with van der Waals surface area (Å²) in [6, 6.07) is 87.2. The second-order valence-corrected chi connectivity index (χ2v) is 16.8. The third kappa shape index (κ3) is 7.11. The van der Waals surface area contributed by atoms with Gasteiger partial charge >= 0.3 is 0 Å². The average molecular weight is 856 g/mol. The van der Waals surface area contributed by atoms with Crippen LogP contribution < -0.4 is 0 Å². The molecule has 0 saturated carbocycles. The smallest absolute Gasteiger partial charge is 0.164 e. The van der Waals surface area contributed by atoms with E-state index in [1.54, 1.807) is 0 Å². The van der Waals surface area contributed by atoms with E-state index in [-0.39, 0.29) is 0 Å². The molecule has 0 aliphatic heterocycles. The van der Waals surface area contributed by atoms with Crippen LogP contribution in [0.4, 0.5) is 0 Å². The molecule has 11 aromatic rings. The van der Waals surface area contributed by atoms with E-state index in [2.05, 4.69) is 164 Å². The van der Waals surface area contributed by atoms with Crippen molar-refractivity contribution in [2.75, 3.05) is 0 Å². The quantitative estimate of drug-likeness (QED) is 0.145. The van der Waals surface area contributed by atoms with E-state index in [0.29, 0.717) is 23.3 Å². The molecule has 12 rings (SSSR count). The summed E-state index contributed by atoms with van der Waals surface area (Å²) in [6.45, 7) is 0. The van der Waals surface area contributed by atoms with Crippen LogP contribution in [0.2, 0.25) is 0 Å². The predicted octanol–water partition coefficient (Wildman–Crippen LogP) is 14.7. The zero-order valence-electron chi connectivity index (χ0n) is 36.4. The first kappa shape index (κ1) is 39.6. The van der Waals surface area contributed by atoms with E-state index in [1.807, 2.05) is 84.9 Å². The van der Waals surface area contributed by atoms with E-state index in [4.69, 9.17) is 24.9 Å². The first-order valence-corrected chi connectivity index (χ1v) is 22.6. The Bertz CT molecular complexity index is 3370. The fourth-order valence-electron chi connectivity index (χ4n) is 9.73. The monoisotopic (exact) mass is 855 g/mol. The molecule has 9 aromatic carbocycles. The van der Waals surface area contributed by atoms with E-state index < -0.39 is 5.41 Å². The molecule has 0 atom stereocenters. The van der Waals surface area contributed by atoms with Crippen LogP contribution in [0.5, 0.6) is 0 Å². The highest BCUT2D eigenvalue weighted by molar-refractivity contribution is 5.95. The van der Waals surface area contributed by atoms with Crippen LogP contribution in [0.15, 0.2) is 249 Å². The normalized spacial score (nSPS) is 12.3. The molecule has 0 bridgehead atoms. The summed E-state index contributed by atoms with van der Waals surface area (Å²) in [4.78, 5) is 25.7. The molecular weight excluding hydrogens is 815 g/mol. The van der Waals surface area contributed by atoms with Crippen LogP contribution in [0.25, 0.3) is 90.3 Å². The molecule has 5 heteroatoms. The maximum absolute atomic E-state index is 5.42. The van der Waals surface area contributed by atoms with Gasteiger partial charge in [0.25, 0.3) is 0 Å². The Morgan fingerprint density at radius 1 is 0.224 bits per heavy atom. The lowest BCUT2D eigenvalue weighted by molar-refractivity contribution is 0.769. The van der Waals surface area contributed by atoms with Crippen molar-refractivity contribution >= 4 is 0 Å². The second-order valence-electron chi connectivity index (χ2n) is 16.8. The molecule has 0 saturated heterocycles. The minimum absolute atomic E-state index is 0.593. The van der Waals surface area contributed by atoms with Crippen LogP contribution in [-0.2, 0) is 5.41 Å². The summed E-state index contributed by atoms with van der Waals surface area (Å²) in [5.74, 6) is 2.52. The highest BCUT2D eigenvalue weighted by atomic mass is 15.0. The molecule has 0 fully saturated rings. The van der Waals surface area contributed by atoms with Crippen molar-refractivity contribution in [2.45, 2.75) is 5.41 Å². The molecule has 0 unspecified atom stereocenters. The first-order valence-electron chi connectivity index (χ1n) is 22.6. The Balaban J connectivity index is 1.11. The zero-order chi connectivity index (χ0) is 44.6. The van der Waals surface area contributed by atoms with Crippen molar-refractivity contribution in [1.82, 2.24) is 24.9 Å². The highest BCUT2D eigenvalue weighted by Crippen LogP contribution is 2.58. The van der Waals surface area contributed by atoms with Crippen LogP contribution >= 0.6 is 0 Å². The molecule has 2 heterocycles. The topological polar surface area (TPSA) is 64.5 Å². The predicted molar refractivity (Wildman–Crippen MR) is 271 cm³/mol. The third-order valence-corrected chi connectivity index (χ3v) is 12.9. The zero-order valence-corrected chi connectivity index (χ0v) is 36.4.